The minimum atomic E-state index is 0.934. The highest BCUT2D eigenvalue weighted by atomic mass is 16.3. The molecule has 0 fully saturated rings. The maximum atomic E-state index is 6.44. The van der Waals surface area contributed by atoms with Gasteiger partial charge >= 0.3 is 0 Å². The highest BCUT2D eigenvalue weighted by molar-refractivity contribution is 6.29. The van der Waals surface area contributed by atoms with Crippen LogP contribution in [0.2, 0.25) is 0 Å². The summed E-state index contributed by atoms with van der Waals surface area (Å²) in [6.07, 6.45) is 0. The SMILES string of the molecule is c1ccc(-c2ccc3c(ccc4oc5cc6c7ccccc7c7ccccc7c6cc5c43)c2)cc1. The van der Waals surface area contributed by atoms with Crippen molar-refractivity contribution in [2.45, 2.75) is 0 Å². The summed E-state index contributed by atoms with van der Waals surface area (Å²) in [5.41, 5.74) is 4.33. The Bertz CT molecular complexity index is 2100. The highest BCUT2D eigenvalue weighted by Crippen LogP contribution is 2.41. The Morgan fingerprint density at radius 3 is 1.69 bits per heavy atom. The number of rotatable bonds is 1. The van der Waals surface area contributed by atoms with Crippen LogP contribution in [0.4, 0.5) is 0 Å². The zero-order chi connectivity index (χ0) is 22.9. The molecule has 0 N–H and O–H groups in total. The summed E-state index contributed by atoms with van der Waals surface area (Å²) in [7, 11) is 0. The molecule has 0 radical (unpaired) electrons. The molecule has 0 aliphatic rings. The normalized spacial score (nSPS) is 12.0. The lowest BCUT2D eigenvalue weighted by Crippen LogP contribution is -1.83. The average Bonchev–Trinajstić information content (AvgIpc) is 3.30. The minimum absolute atomic E-state index is 0.934. The molecular weight excluding hydrogens is 424 g/mol. The van der Waals surface area contributed by atoms with E-state index in [2.05, 4.69) is 121 Å². The van der Waals surface area contributed by atoms with Crippen molar-refractivity contribution in [3.05, 3.63) is 121 Å². The van der Waals surface area contributed by atoms with Crippen LogP contribution in [0.5, 0.6) is 0 Å². The third kappa shape index (κ3) is 2.64. The quantitative estimate of drug-likeness (QED) is 0.230. The highest BCUT2D eigenvalue weighted by Gasteiger charge is 2.15. The van der Waals surface area contributed by atoms with E-state index >= 15 is 0 Å². The lowest BCUT2D eigenvalue weighted by atomic mass is 9.92. The van der Waals surface area contributed by atoms with Crippen molar-refractivity contribution in [1.82, 2.24) is 0 Å². The van der Waals surface area contributed by atoms with Crippen molar-refractivity contribution in [3.63, 3.8) is 0 Å². The van der Waals surface area contributed by atoms with Gasteiger partial charge in [-0.15, -0.1) is 0 Å². The van der Waals surface area contributed by atoms with Gasteiger partial charge in [-0.2, -0.15) is 0 Å². The van der Waals surface area contributed by atoms with Crippen molar-refractivity contribution in [1.29, 1.82) is 0 Å². The van der Waals surface area contributed by atoms with Crippen molar-refractivity contribution >= 4 is 65.0 Å². The summed E-state index contributed by atoms with van der Waals surface area (Å²) in [6, 6.07) is 43.6. The monoisotopic (exact) mass is 444 g/mol. The van der Waals surface area contributed by atoms with Gasteiger partial charge in [0.15, 0.2) is 0 Å². The molecule has 0 aliphatic carbocycles. The molecule has 0 bridgehead atoms. The molecule has 8 rings (SSSR count). The largest absolute Gasteiger partial charge is 0.456 e. The fourth-order valence-corrected chi connectivity index (χ4v) is 5.81. The van der Waals surface area contributed by atoms with Crippen LogP contribution in [0.3, 0.4) is 0 Å². The molecule has 0 saturated carbocycles. The molecule has 35 heavy (non-hydrogen) atoms. The van der Waals surface area contributed by atoms with Gasteiger partial charge in [-0.3, -0.25) is 0 Å². The zero-order valence-corrected chi connectivity index (χ0v) is 19.0. The average molecular weight is 445 g/mol. The molecule has 0 spiro atoms. The maximum Gasteiger partial charge on any atom is 0.136 e. The van der Waals surface area contributed by atoms with Crippen LogP contribution in [0.15, 0.2) is 126 Å². The molecule has 8 aromatic rings. The molecule has 0 amide bonds. The second-order valence-corrected chi connectivity index (χ2v) is 9.33. The van der Waals surface area contributed by atoms with E-state index in [1.807, 2.05) is 0 Å². The first-order valence-electron chi connectivity index (χ1n) is 12.0. The number of benzene rings is 7. The van der Waals surface area contributed by atoms with Crippen LogP contribution in [-0.2, 0) is 0 Å². The molecule has 1 aromatic heterocycles. The molecule has 1 heterocycles. The minimum Gasteiger partial charge on any atom is -0.456 e. The first-order valence-corrected chi connectivity index (χ1v) is 12.0. The first kappa shape index (κ1) is 18.8. The summed E-state index contributed by atoms with van der Waals surface area (Å²) in [5, 5.41) is 12.4. The third-order valence-electron chi connectivity index (χ3n) is 7.42. The molecule has 7 aromatic carbocycles. The second-order valence-electron chi connectivity index (χ2n) is 9.33. The molecule has 1 nitrogen and oxygen atoms in total. The zero-order valence-electron chi connectivity index (χ0n) is 19.0. The predicted octanol–water partition coefficient (Wildman–Crippen LogP) is 9.87. The fraction of sp³-hybridized carbons (Fsp3) is 0. The van der Waals surface area contributed by atoms with Crippen LogP contribution >= 0.6 is 0 Å². The van der Waals surface area contributed by atoms with Crippen LogP contribution in [-0.4, -0.2) is 0 Å². The van der Waals surface area contributed by atoms with Gasteiger partial charge in [0.1, 0.15) is 11.2 Å². The smallest absolute Gasteiger partial charge is 0.136 e. The third-order valence-corrected chi connectivity index (χ3v) is 7.42. The Morgan fingerprint density at radius 2 is 0.971 bits per heavy atom. The second kappa shape index (κ2) is 6.94. The first-order chi connectivity index (χ1) is 17.3. The summed E-state index contributed by atoms with van der Waals surface area (Å²) < 4.78 is 6.44. The molecule has 0 saturated heterocycles. The van der Waals surface area contributed by atoms with E-state index in [9.17, 15) is 0 Å². The predicted molar refractivity (Wildman–Crippen MR) is 149 cm³/mol. The van der Waals surface area contributed by atoms with E-state index in [0.717, 1.165) is 11.2 Å². The van der Waals surface area contributed by atoms with E-state index in [0.29, 0.717) is 0 Å². The van der Waals surface area contributed by atoms with Gasteiger partial charge in [-0.1, -0.05) is 97.1 Å². The Hall–Kier alpha value is -4.62. The number of hydrogen-bond donors (Lipinski definition) is 0. The van der Waals surface area contributed by atoms with E-state index in [-0.39, 0.29) is 0 Å². The molecule has 162 valence electrons. The lowest BCUT2D eigenvalue weighted by Gasteiger charge is -2.10. The number of fused-ring (bicyclic) bond motifs is 11. The van der Waals surface area contributed by atoms with Crippen LogP contribution in [0.25, 0.3) is 76.2 Å². The standard InChI is InChI=1S/C34H20O/c1-2-8-21(9-3-1)22-14-16-24-23(18-22)15-17-32-34(24)31-19-29-27-12-6-4-10-25(27)26-11-5-7-13-28(26)30(29)20-33(31)35-32/h1-20H. The van der Waals surface area contributed by atoms with Crippen LogP contribution in [0, 0.1) is 0 Å². The summed E-state index contributed by atoms with van der Waals surface area (Å²) in [4.78, 5) is 0. The number of hydrogen-bond acceptors (Lipinski definition) is 1. The number of furan rings is 1. The molecule has 0 unspecified atom stereocenters. The van der Waals surface area contributed by atoms with Crippen molar-refractivity contribution in [2.75, 3.05) is 0 Å². The van der Waals surface area contributed by atoms with E-state index < -0.39 is 0 Å². The summed E-state index contributed by atoms with van der Waals surface area (Å²) in [5.74, 6) is 0. The molecule has 0 atom stereocenters. The van der Waals surface area contributed by atoms with Crippen molar-refractivity contribution in [3.8, 4) is 11.1 Å². The summed E-state index contributed by atoms with van der Waals surface area (Å²) in [6.45, 7) is 0. The van der Waals surface area contributed by atoms with Gasteiger partial charge in [0.05, 0.1) is 0 Å². The van der Waals surface area contributed by atoms with Gasteiger partial charge in [0, 0.05) is 10.8 Å². The maximum absolute atomic E-state index is 6.44. The lowest BCUT2D eigenvalue weighted by molar-refractivity contribution is 0.670. The molecule has 0 aliphatic heterocycles. The Morgan fingerprint density at radius 1 is 0.343 bits per heavy atom. The topological polar surface area (TPSA) is 13.1 Å². The Balaban J connectivity index is 1.50. The fourth-order valence-electron chi connectivity index (χ4n) is 5.81. The van der Waals surface area contributed by atoms with Crippen LogP contribution < -0.4 is 0 Å². The van der Waals surface area contributed by atoms with Crippen molar-refractivity contribution < 1.29 is 4.42 Å². The van der Waals surface area contributed by atoms with E-state index in [1.54, 1.807) is 0 Å². The van der Waals surface area contributed by atoms with Crippen LogP contribution in [0.1, 0.15) is 0 Å². The molecule has 1 heteroatoms. The van der Waals surface area contributed by atoms with Crippen molar-refractivity contribution in [2.24, 2.45) is 0 Å². The van der Waals surface area contributed by atoms with E-state index in [1.165, 1.54) is 65.0 Å². The molecular formula is C34H20O. The van der Waals surface area contributed by atoms with Gasteiger partial charge in [0.2, 0.25) is 0 Å². The van der Waals surface area contributed by atoms with Gasteiger partial charge in [0.25, 0.3) is 0 Å². The van der Waals surface area contributed by atoms with E-state index in [4.69, 9.17) is 4.42 Å². The van der Waals surface area contributed by atoms with Gasteiger partial charge < -0.3 is 4.42 Å². The Kier molecular flexibility index (Phi) is 3.72. The van der Waals surface area contributed by atoms with Gasteiger partial charge in [-0.05, 0) is 78.5 Å². The Labute approximate surface area is 201 Å². The van der Waals surface area contributed by atoms with Gasteiger partial charge in [-0.25, -0.2) is 0 Å². The summed E-state index contributed by atoms with van der Waals surface area (Å²) >= 11 is 0.